The third-order valence-electron chi connectivity index (χ3n) is 3.16. The summed E-state index contributed by atoms with van der Waals surface area (Å²) in [5, 5.41) is 9.63. The SMILES string of the molecule is CC(C)CNC(=O)c1c(NC(=O)c2cccc(Br)c2)cnn1C. The lowest BCUT2D eigenvalue weighted by molar-refractivity contribution is 0.0940. The van der Waals surface area contributed by atoms with Gasteiger partial charge in [-0.1, -0.05) is 35.8 Å². The van der Waals surface area contributed by atoms with Gasteiger partial charge in [0.1, 0.15) is 5.69 Å². The maximum absolute atomic E-state index is 12.3. The minimum Gasteiger partial charge on any atom is -0.350 e. The Bertz CT molecular complexity index is 725. The van der Waals surface area contributed by atoms with Gasteiger partial charge in [-0.25, -0.2) is 0 Å². The number of hydrogen-bond acceptors (Lipinski definition) is 3. The van der Waals surface area contributed by atoms with Gasteiger partial charge in [-0.2, -0.15) is 5.10 Å². The molecule has 0 aliphatic heterocycles. The lowest BCUT2D eigenvalue weighted by atomic mass is 10.2. The lowest BCUT2D eigenvalue weighted by Gasteiger charge is -2.10. The van der Waals surface area contributed by atoms with E-state index < -0.39 is 0 Å². The van der Waals surface area contributed by atoms with Gasteiger partial charge >= 0.3 is 0 Å². The smallest absolute Gasteiger partial charge is 0.271 e. The number of aryl methyl sites for hydroxylation is 1. The number of anilines is 1. The predicted molar refractivity (Wildman–Crippen MR) is 92.5 cm³/mol. The Morgan fingerprint density at radius 2 is 2.04 bits per heavy atom. The number of nitrogens with zero attached hydrogens (tertiary/aromatic N) is 2. The molecule has 0 spiro atoms. The molecule has 6 nitrogen and oxygen atoms in total. The Hall–Kier alpha value is -2.15. The molecule has 2 amide bonds. The van der Waals surface area contributed by atoms with Crippen molar-refractivity contribution in [2.24, 2.45) is 13.0 Å². The van der Waals surface area contributed by atoms with Crippen LogP contribution in [0.2, 0.25) is 0 Å². The van der Waals surface area contributed by atoms with E-state index in [9.17, 15) is 9.59 Å². The van der Waals surface area contributed by atoms with Gasteiger partial charge < -0.3 is 10.6 Å². The highest BCUT2D eigenvalue weighted by Crippen LogP contribution is 2.17. The molecule has 0 saturated heterocycles. The number of carbonyl (C=O) groups excluding carboxylic acids is 2. The van der Waals surface area contributed by atoms with Gasteiger partial charge in [-0.15, -0.1) is 0 Å². The van der Waals surface area contributed by atoms with Gasteiger partial charge in [0.15, 0.2) is 0 Å². The lowest BCUT2D eigenvalue weighted by Crippen LogP contribution is -2.30. The molecule has 23 heavy (non-hydrogen) atoms. The van der Waals surface area contributed by atoms with Crippen LogP contribution < -0.4 is 10.6 Å². The number of carbonyl (C=O) groups is 2. The summed E-state index contributed by atoms with van der Waals surface area (Å²) in [6, 6.07) is 7.03. The van der Waals surface area contributed by atoms with Gasteiger partial charge in [-0.3, -0.25) is 14.3 Å². The van der Waals surface area contributed by atoms with Crippen LogP contribution in [0.15, 0.2) is 34.9 Å². The minimum absolute atomic E-state index is 0.261. The maximum Gasteiger partial charge on any atom is 0.271 e. The fourth-order valence-electron chi connectivity index (χ4n) is 2.00. The van der Waals surface area contributed by atoms with E-state index in [0.29, 0.717) is 29.4 Å². The van der Waals surface area contributed by atoms with Crippen LogP contribution in [0.1, 0.15) is 34.7 Å². The van der Waals surface area contributed by atoms with Crippen LogP contribution in [-0.4, -0.2) is 28.1 Å². The summed E-state index contributed by atoms with van der Waals surface area (Å²) in [5.41, 5.74) is 1.21. The standard InChI is InChI=1S/C16H19BrN4O2/c1-10(2)8-18-16(23)14-13(9-19-21(14)3)20-15(22)11-5-4-6-12(17)7-11/h4-7,9-10H,8H2,1-3H3,(H,18,23)(H,20,22). The van der Waals surface area contributed by atoms with Crippen molar-refractivity contribution >= 4 is 33.4 Å². The molecule has 1 heterocycles. The minimum atomic E-state index is -0.294. The first-order chi connectivity index (χ1) is 10.9. The molecule has 0 fully saturated rings. The van der Waals surface area contributed by atoms with Crippen molar-refractivity contribution in [1.82, 2.24) is 15.1 Å². The van der Waals surface area contributed by atoms with Gasteiger partial charge in [0, 0.05) is 23.6 Å². The molecule has 0 bridgehead atoms. The molecular formula is C16H19BrN4O2. The molecule has 1 aromatic heterocycles. The second-order valence-corrected chi connectivity index (χ2v) is 6.51. The van der Waals surface area contributed by atoms with E-state index in [1.54, 1.807) is 25.2 Å². The first-order valence-electron chi connectivity index (χ1n) is 7.25. The number of amides is 2. The molecule has 0 unspecified atom stereocenters. The van der Waals surface area contributed by atoms with Gasteiger partial charge in [0.05, 0.1) is 11.9 Å². The molecule has 0 atom stereocenters. The zero-order chi connectivity index (χ0) is 17.0. The van der Waals surface area contributed by atoms with E-state index in [0.717, 1.165) is 4.47 Å². The number of nitrogens with one attached hydrogen (secondary N) is 2. The van der Waals surface area contributed by atoms with Crippen LogP contribution in [-0.2, 0) is 7.05 Å². The monoisotopic (exact) mass is 378 g/mol. The highest BCUT2D eigenvalue weighted by Gasteiger charge is 2.19. The number of aromatic nitrogens is 2. The number of halogens is 1. The highest BCUT2D eigenvalue weighted by molar-refractivity contribution is 9.10. The Morgan fingerprint density at radius 1 is 1.30 bits per heavy atom. The average molecular weight is 379 g/mol. The summed E-state index contributed by atoms with van der Waals surface area (Å²) in [6.07, 6.45) is 1.47. The molecule has 0 radical (unpaired) electrons. The van der Waals surface area contributed by atoms with Crippen LogP contribution in [0, 0.1) is 5.92 Å². The molecule has 0 saturated carbocycles. The predicted octanol–water partition coefficient (Wildman–Crippen LogP) is 2.82. The van der Waals surface area contributed by atoms with E-state index in [-0.39, 0.29) is 11.8 Å². The zero-order valence-corrected chi connectivity index (χ0v) is 14.8. The van der Waals surface area contributed by atoms with Crippen molar-refractivity contribution in [2.45, 2.75) is 13.8 Å². The van der Waals surface area contributed by atoms with Crippen molar-refractivity contribution < 1.29 is 9.59 Å². The van der Waals surface area contributed by atoms with Crippen molar-refractivity contribution in [1.29, 1.82) is 0 Å². The van der Waals surface area contributed by atoms with Crippen molar-refractivity contribution in [3.63, 3.8) is 0 Å². The second-order valence-electron chi connectivity index (χ2n) is 5.60. The second kappa shape index (κ2) is 7.41. The number of rotatable bonds is 5. The quantitative estimate of drug-likeness (QED) is 0.839. The molecular weight excluding hydrogens is 360 g/mol. The number of hydrogen-bond donors (Lipinski definition) is 2. The third-order valence-corrected chi connectivity index (χ3v) is 3.65. The molecule has 122 valence electrons. The molecule has 2 aromatic rings. The number of benzene rings is 1. The molecule has 7 heteroatoms. The van der Waals surface area contributed by atoms with Crippen LogP contribution in [0.5, 0.6) is 0 Å². The summed E-state index contributed by atoms with van der Waals surface area (Å²) in [6.45, 7) is 4.59. The first kappa shape index (κ1) is 17.2. The molecule has 2 N–H and O–H groups in total. The van der Waals surface area contributed by atoms with E-state index >= 15 is 0 Å². The molecule has 0 aliphatic rings. The van der Waals surface area contributed by atoms with E-state index in [2.05, 4.69) is 31.7 Å². The summed E-state index contributed by atoms with van der Waals surface area (Å²) in [5.74, 6) is -0.215. The average Bonchev–Trinajstić information content (AvgIpc) is 2.85. The van der Waals surface area contributed by atoms with E-state index in [1.807, 2.05) is 19.9 Å². The van der Waals surface area contributed by atoms with E-state index in [1.165, 1.54) is 10.9 Å². The fourth-order valence-corrected chi connectivity index (χ4v) is 2.40. The van der Waals surface area contributed by atoms with Crippen molar-refractivity contribution in [2.75, 3.05) is 11.9 Å². The van der Waals surface area contributed by atoms with Crippen LogP contribution in [0.4, 0.5) is 5.69 Å². The van der Waals surface area contributed by atoms with Gasteiger partial charge in [0.2, 0.25) is 0 Å². The summed E-state index contributed by atoms with van der Waals surface area (Å²) >= 11 is 3.33. The van der Waals surface area contributed by atoms with Crippen molar-refractivity contribution in [3.05, 3.63) is 46.2 Å². The van der Waals surface area contributed by atoms with E-state index in [4.69, 9.17) is 0 Å². The Morgan fingerprint density at radius 3 is 2.70 bits per heavy atom. The topological polar surface area (TPSA) is 76.0 Å². The largest absolute Gasteiger partial charge is 0.350 e. The fraction of sp³-hybridized carbons (Fsp3) is 0.312. The summed E-state index contributed by atoms with van der Waals surface area (Å²) in [4.78, 5) is 24.6. The summed E-state index contributed by atoms with van der Waals surface area (Å²) < 4.78 is 2.26. The van der Waals surface area contributed by atoms with Crippen LogP contribution in [0.25, 0.3) is 0 Å². The van der Waals surface area contributed by atoms with Gasteiger partial charge in [0.25, 0.3) is 11.8 Å². The Kier molecular flexibility index (Phi) is 5.54. The van der Waals surface area contributed by atoms with Crippen LogP contribution >= 0.6 is 15.9 Å². The van der Waals surface area contributed by atoms with Crippen LogP contribution in [0.3, 0.4) is 0 Å². The maximum atomic E-state index is 12.3. The molecule has 0 aliphatic carbocycles. The summed E-state index contributed by atoms with van der Waals surface area (Å²) in [7, 11) is 1.67. The molecule has 2 rings (SSSR count). The zero-order valence-electron chi connectivity index (χ0n) is 13.3. The Balaban J connectivity index is 2.18. The normalized spacial score (nSPS) is 10.7. The highest BCUT2D eigenvalue weighted by atomic mass is 79.9. The van der Waals surface area contributed by atoms with Crippen molar-refractivity contribution in [3.8, 4) is 0 Å². The Labute approximate surface area is 143 Å². The first-order valence-corrected chi connectivity index (χ1v) is 8.05. The van der Waals surface area contributed by atoms with Gasteiger partial charge in [-0.05, 0) is 24.1 Å². The third kappa shape index (κ3) is 4.41. The molecule has 1 aromatic carbocycles.